The fourth-order valence-corrected chi connectivity index (χ4v) is 2.00. The van der Waals surface area contributed by atoms with Crippen LogP contribution < -0.4 is 11.1 Å². The zero-order valence-corrected chi connectivity index (χ0v) is 8.40. The molecule has 1 heterocycles. The largest absolute Gasteiger partial charge is 0.382 e. The molecule has 1 fully saturated rings. The van der Waals surface area contributed by atoms with Crippen LogP contribution in [0.1, 0.15) is 26.2 Å². The number of nitrogens with zero attached hydrogens (tertiary/aromatic N) is 2. The van der Waals surface area contributed by atoms with Crippen LogP contribution in [0, 0.1) is 5.92 Å². The van der Waals surface area contributed by atoms with Crippen LogP contribution >= 0.6 is 0 Å². The Hall–Kier alpha value is -1.32. The molecule has 2 unspecified atom stereocenters. The Bertz CT molecular complexity index is 313. The first-order chi connectivity index (χ1) is 6.75. The van der Waals surface area contributed by atoms with Crippen molar-refractivity contribution in [3.05, 3.63) is 12.4 Å². The molecule has 1 aromatic rings. The highest BCUT2D eigenvalue weighted by molar-refractivity contribution is 5.39. The predicted octanol–water partition coefficient (Wildman–Crippen LogP) is 1.66. The zero-order chi connectivity index (χ0) is 9.97. The summed E-state index contributed by atoms with van der Waals surface area (Å²) in [6, 6.07) is 0.533. The van der Waals surface area contributed by atoms with E-state index in [1.54, 1.807) is 12.4 Å². The van der Waals surface area contributed by atoms with Crippen LogP contribution in [-0.4, -0.2) is 16.0 Å². The molecule has 1 aliphatic carbocycles. The number of nitrogen functional groups attached to an aromatic ring is 1. The lowest BCUT2D eigenvalue weighted by Gasteiger charge is -2.17. The number of hydrogen-bond acceptors (Lipinski definition) is 4. The zero-order valence-electron chi connectivity index (χ0n) is 8.40. The number of hydrogen-bond donors (Lipinski definition) is 2. The van der Waals surface area contributed by atoms with Crippen molar-refractivity contribution in [3.63, 3.8) is 0 Å². The minimum absolute atomic E-state index is 0.473. The molecule has 76 valence electrons. The summed E-state index contributed by atoms with van der Waals surface area (Å²) >= 11 is 0. The molecule has 0 aromatic carbocycles. The standard InChI is InChI=1S/C10H16N4/c1-7-3-2-4-8(7)13-10-6-12-5-9(11)14-10/h5-8H,2-4H2,1H3,(H3,11,13,14). The van der Waals surface area contributed by atoms with Crippen molar-refractivity contribution in [2.24, 2.45) is 5.92 Å². The van der Waals surface area contributed by atoms with Gasteiger partial charge in [0.15, 0.2) is 0 Å². The maximum Gasteiger partial charge on any atom is 0.147 e. The summed E-state index contributed by atoms with van der Waals surface area (Å²) in [5.41, 5.74) is 5.55. The molecule has 2 rings (SSSR count). The van der Waals surface area contributed by atoms with E-state index in [9.17, 15) is 0 Å². The number of nitrogens with one attached hydrogen (secondary N) is 1. The summed E-state index contributed by atoms with van der Waals surface area (Å²) in [5, 5.41) is 3.38. The van der Waals surface area contributed by atoms with Gasteiger partial charge in [-0.15, -0.1) is 0 Å². The third-order valence-electron chi connectivity index (χ3n) is 2.85. The number of anilines is 2. The number of aromatic nitrogens is 2. The Kier molecular flexibility index (Phi) is 2.52. The quantitative estimate of drug-likeness (QED) is 0.748. The fourth-order valence-electron chi connectivity index (χ4n) is 2.00. The third-order valence-corrected chi connectivity index (χ3v) is 2.85. The second-order valence-corrected chi connectivity index (χ2v) is 3.99. The van der Waals surface area contributed by atoms with E-state index in [1.807, 2.05) is 0 Å². The molecule has 1 aliphatic rings. The summed E-state index contributed by atoms with van der Waals surface area (Å²) in [7, 11) is 0. The third kappa shape index (κ3) is 1.95. The summed E-state index contributed by atoms with van der Waals surface area (Å²) < 4.78 is 0. The Balaban J connectivity index is 2.03. The number of rotatable bonds is 2. The Morgan fingerprint density at radius 1 is 1.43 bits per heavy atom. The first-order valence-electron chi connectivity index (χ1n) is 5.10. The van der Waals surface area contributed by atoms with E-state index in [4.69, 9.17) is 5.73 Å². The van der Waals surface area contributed by atoms with Crippen molar-refractivity contribution >= 4 is 11.6 Å². The second-order valence-electron chi connectivity index (χ2n) is 3.99. The second kappa shape index (κ2) is 3.82. The van der Waals surface area contributed by atoms with Gasteiger partial charge in [0.05, 0.1) is 12.4 Å². The van der Waals surface area contributed by atoms with Crippen molar-refractivity contribution in [1.29, 1.82) is 0 Å². The van der Waals surface area contributed by atoms with E-state index < -0.39 is 0 Å². The van der Waals surface area contributed by atoms with E-state index in [1.165, 1.54) is 19.3 Å². The molecule has 0 bridgehead atoms. The van der Waals surface area contributed by atoms with Crippen molar-refractivity contribution < 1.29 is 0 Å². The molecule has 4 heteroatoms. The highest BCUT2D eigenvalue weighted by atomic mass is 15.1. The van der Waals surface area contributed by atoms with E-state index in [-0.39, 0.29) is 0 Å². The van der Waals surface area contributed by atoms with Crippen LogP contribution in [0.15, 0.2) is 12.4 Å². The van der Waals surface area contributed by atoms with Gasteiger partial charge in [-0.3, -0.25) is 4.98 Å². The lowest BCUT2D eigenvalue weighted by Crippen LogP contribution is -2.22. The Morgan fingerprint density at radius 2 is 2.29 bits per heavy atom. The first kappa shape index (κ1) is 9.24. The Labute approximate surface area is 83.9 Å². The van der Waals surface area contributed by atoms with Gasteiger partial charge in [-0.1, -0.05) is 13.3 Å². The van der Waals surface area contributed by atoms with Crippen molar-refractivity contribution in [2.75, 3.05) is 11.1 Å². The van der Waals surface area contributed by atoms with E-state index in [2.05, 4.69) is 22.2 Å². The number of nitrogens with two attached hydrogens (primary N) is 1. The van der Waals surface area contributed by atoms with Crippen LogP contribution in [0.5, 0.6) is 0 Å². The van der Waals surface area contributed by atoms with Crippen LogP contribution in [0.3, 0.4) is 0 Å². The highest BCUT2D eigenvalue weighted by Gasteiger charge is 2.23. The summed E-state index contributed by atoms with van der Waals surface area (Å²) in [4.78, 5) is 8.18. The molecule has 1 saturated carbocycles. The topological polar surface area (TPSA) is 63.8 Å². The first-order valence-corrected chi connectivity index (χ1v) is 5.10. The van der Waals surface area contributed by atoms with Crippen molar-refractivity contribution in [1.82, 2.24) is 9.97 Å². The average molecular weight is 192 g/mol. The molecule has 2 atom stereocenters. The lowest BCUT2D eigenvalue weighted by atomic mass is 10.1. The van der Waals surface area contributed by atoms with Gasteiger partial charge >= 0.3 is 0 Å². The summed E-state index contributed by atoms with van der Waals surface area (Å²) in [6.07, 6.45) is 7.10. The normalized spacial score (nSPS) is 26.4. The van der Waals surface area contributed by atoms with Crippen molar-refractivity contribution in [3.8, 4) is 0 Å². The fraction of sp³-hybridized carbons (Fsp3) is 0.600. The lowest BCUT2D eigenvalue weighted by molar-refractivity contribution is 0.555. The van der Waals surface area contributed by atoms with Gasteiger partial charge in [0.25, 0.3) is 0 Å². The van der Waals surface area contributed by atoms with Crippen LogP contribution in [-0.2, 0) is 0 Å². The molecule has 0 aliphatic heterocycles. The molecule has 4 nitrogen and oxygen atoms in total. The average Bonchev–Trinajstić information content (AvgIpc) is 2.52. The van der Waals surface area contributed by atoms with Crippen LogP contribution in [0.4, 0.5) is 11.6 Å². The van der Waals surface area contributed by atoms with Gasteiger partial charge in [0.1, 0.15) is 11.6 Å². The molecule has 3 N–H and O–H groups in total. The van der Waals surface area contributed by atoms with Gasteiger partial charge < -0.3 is 11.1 Å². The molecule has 0 spiro atoms. The van der Waals surface area contributed by atoms with Gasteiger partial charge in [-0.25, -0.2) is 4.98 Å². The molecular weight excluding hydrogens is 176 g/mol. The van der Waals surface area contributed by atoms with Crippen LogP contribution in [0.25, 0.3) is 0 Å². The van der Waals surface area contributed by atoms with Gasteiger partial charge in [0, 0.05) is 6.04 Å². The maximum atomic E-state index is 5.55. The summed E-state index contributed by atoms with van der Waals surface area (Å²) in [6.45, 7) is 2.27. The van der Waals surface area contributed by atoms with Crippen molar-refractivity contribution in [2.45, 2.75) is 32.2 Å². The predicted molar refractivity (Wildman–Crippen MR) is 56.9 cm³/mol. The minimum Gasteiger partial charge on any atom is -0.382 e. The van der Waals surface area contributed by atoms with Gasteiger partial charge in [-0.05, 0) is 18.8 Å². The molecular formula is C10H16N4. The maximum absolute atomic E-state index is 5.55. The minimum atomic E-state index is 0.473. The Morgan fingerprint density at radius 3 is 2.93 bits per heavy atom. The monoisotopic (exact) mass is 192 g/mol. The molecule has 0 radical (unpaired) electrons. The molecule has 0 saturated heterocycles. The van der Waals surface area contributed by atoms with Gasteiger partial charge in [-0.2, -0.15) is 0 Å². The molecule has 1 aromatic heterocycles. The van der Waals surface area contributed by atoms with Gasteiger partial charge in [0.2, 0.25) is 0 Å². The van der Waals surface area contributed by atoms with E-state index in [0.29, 0.717) is 11.9 Å². The smallest absolute Gasteiger partial charge is 0.147 e. The molecule has 14 heavy (non-hydrogen) atoms. The molecule has 0 amide bonds. The van der Waals surface area contributed by atoms with E-state index in [0.717, 1.165) is 11.7 Å². The highest BCUT2D eigenvalue weighted by Crippen LogP contribution is 2.27. The SMILES string of the molecule is CC1CCCC1Nc1cncc(N)n1. The summed E-state index contributed by atoms with van der Waals surface area (Å²) in [5.74, 6) is 1.99. The van der Waals surface area contributed by atoms with E-state index >= 15 is 0 Å². The van der Waals surface area contributed by atoms with Crippen LogP contribution in [0.2, 0.25) is 0 Å².